The van der Waals surface area contributed by atoms with Gasteiger partial charge in [0.15, 0.2) is 0 Å². The summed E-state index contributed by atoms with van der Waals surface area (Å²) in [6.07, 6.45) is 5.32. The van der Waals surface area contributed by atoms with E-state index in [4.69, 9.17) is 0 Å². The highest BCUT2D eigenvalue weighted by Crippen LogP contribution is 2.22. The summed E-state index contributed by atoms with van der Waals surface area (Å²) in [6.45, 7) is 10.1. The topological polar surface area (TPSA) is 9.72 Å². The molecule has 0 atom stereocenters. The van der Waals surface area contributed by atoms with Gasteiger partial charge in [-0.1, -0.05) is 58.0 Å². The smallest absolute Gasteiger partial charge is 0.330 e. The SMILES string of the molecule is CCCCCCN1B(C)N(C)CN(c2ccccc2)B1C. The van der Waals surface area contributed by atoms with Gasteiger partial charge in [-0.2, -0.15) is 0 Å². The zero-order chi connectivity index (χ0) is 15.2. The van der Waals surface area contributed by atoms with Gasteiger partial charge >= 0.3 is 6.98 Å². The molecule has 0 N–H and O–H groups in total. The third-order valence-corrected chi connectivity index (χ3v) is 4.78. The van der Waals surface area contributed by atoms with Crippen molar-refractivity contribution in [1.29, 1.82) is 0 Å². The van der Waals surface area contributed by atoms with Crippen molar-refractivity contribution in [3.63, 3.8) is 0 Å². The molecule has 1 aromatic rings. The van der Waals surface area contributed by atoms with Gasteiger partial charge in [0, 0.05) is 5.69 Å². The number of para-hydroxylation sites is 1. The summed E-state index contributed by atoms with van der Waals surface area (Å²) in [5.41, 5.74) is 1.32. The molecule has 0 aromatic heterocycles. The molecule has 0 unspecified atom stereocenters. The van der Waals surface area contributed by atoms with Crippen LogP contribution in [0.3, 0.4) is 0 Å². The standard InChI is InChI=1S/C16H29B2N3/c1-5-6-7-11-14-21-17(2)19(4)15-20(18(21)3)16-12-9-8-10-13-16/h8-10,12-13H,5-7,11,14-15H2,1-4H3. The summed E-state index contributed by atoms with van der Waals surface area (Å²) in [7, 11) is 2.23. The van der Waals surface area contributed by atoms with Crippen molar-refractivity contribution in [3.8, 4) is 0 Å². The highest BCUT2D eigenvalue weighted by Gasteiger charge is 2.38. The van der Waals surface area contributed by atoms with E-state index in [2.05, 4.69) is 72.3 Å². The van der Waals surface area contributed by atoms with Crippen LogP contribution in [0.4, 0.5) is 5.69 Å². The van der Waals surface area contributed by atoms with Crippen molar-refractivity contribution in [2.24, 2.45) is 0 Å². The number of hydrogen-bond acceptors (Lipinski definition) is 3. The van der Waals surface area contributed by atoms with Crippen molar-refractivity contribution in [1.82, 2.24) is 9.53 Å². The van der Waals surface area contributed by atoms with Crippen LogP contribution >= 0.6 is 0 Å². The van der Waals surface area contributed by atoms with E-state index in [0.29, 0.717) is 14.0 Å². The molecule has 0 amide bonds. The number of nitrogens with zero attached hydrogens (tertiary/aromatic N) is 3. The van der Waals surface area contributed by atoms with Gasteiger partial charge in [-0.05, 0) is 32.1 Å². The first kappa shape index (κ1) is 16.4. The molecule has 2 rings (SSSR count). The number of unbranched alkanes of at least 4 members (excludes halogenated alkanes) is 3. The van der Waals surface area contributed by atoms with Crippen LogP contribution in [0.15, 0.2) is 30.3 Å². The lowest BCUT2D eigenvalue weighted by molar-refractivity contribution is 0.432. The molecule has 1 fully saturated rings. The third-order valence-electron chi connectivity index (χ3n) is 4.78. The van der Waals surface area contributed by atoms with Crippen molar-refractivity contribution in [2.75, 3.05) is 25.1 Å². The minimum atomic E-state index is 0.459. The minimum Gasteiger partial charge on any atom is -0.390 e. The average Bonchev–Trinajstić information content (AvgIpc) is 2.51. The van der Waals surface area contributed by atoms with E-state index in [1.165, 1.54) is 37.9 Å². The molecule has 1 aromatic carbocycles. The summed E-state index contributed by atoms with van der Waals surface area (Å²) in [5.74, 6) is 0. The molecule has 0 spiro atoms. The Bertz CT molecular complexity index is 415. The van der Waals surface area contributed by atoms with Crippen molar-refractivity contribution < 1.29 is 0 Å². The number of hydrogen-bond donors (Lipinski definition) is 0. The molecule has 5 heteroatoms. The van der Waals surface area contributed by atoms with E-state index in [0.717, 1.165) is 6.67 Å². The summed E-state index contributed by atoms with van der Waals surface area (Å²) < 4.78 is 2.63. The third kappa shape index (κ3) is 4.04. The number of anilines is 1. The van der Waals surface area contributed by atoms with E-state index in [1.807, 2.05) is 0 Å². The van der Waals surface area contributed by atoms with Crippen LogP contribution in [0.1, 0.15) is 32.6 Å². The fourth-order valence-electron chi connectivity index (χ4n) is 3.23. The molecule has 1 heterocycles. The monoisotopic (exact) mass is 285 g/mol. The summed E-state index contributed by atoms with van der Waals surface area (Å²) >= 11 is 0. The van der Waals surface area contributed by atoms with Crippen LogP contribution in [0, 0.1) is 0 Å². The zero-order valence-corrected chi connectivity index (χ0v) is 14.1. The van der Waals surface area contributed by atoms with E-state index in [9.17, 15) is 0 Å². The van der Waals surface area contributed by atoms with Crippen LogP contribution in [0.2, 0.25) is 13.6 Å². The molecule has 21 heavy (non-hydrogen) atoms. The molecule has 0 bridgehead atoms. The molecule has 1 saturated heterocycles. The van der Waals surface area contributed by atoms with Crippen LogP contribution < -0.4 is 4.81 Å². The summed E-state index contributed by atoms with van der Waals surface area (Å²) in [6, 6.07) is 10.8. The Morgan fingerprint density at radius 3 is 2.38 bits per heavy atom. The van der Waals surface area contributed by atoms with Crippen molar-refractivity contribution >= 4 is 19.7 Å². The van der Waals surface area contributed by atoms with Gasteiger partial charge in [-0.15, -0.1) is 0 Å². The zero-order valence-electron chi connectivity index (χ0n) is 14.1. The molecule has 1 aliphatic rings. The van der Waals surface area contributed by atoms with Crippen molar-refractivity contribution in [2.45, 2.75) is 46.3 Å². The molecular weight excluding hydrogens is 256 g/mol. The largest absolute Gasteiger partial charge is 0.390 e. The number of rotatable bonds is 6. The molecule has 114 valence electrons. The second-order valence-electron chi connectivity index (χ2n) is 6.27. The van der Waals surface area contributed by atoms with Gasteiger partial charge in [0.2, 0.25) is 0 Å². The quantitative estimate of drug-likeness (QED) is 0.585. The van der Waals surface area contributed by atoms with Gasteiger partial charge in [-0.3, -0.25) is 0 Å². The molecule has 0 saturated carbocycles. The summed E-state index contributed by atoms with van der Waals surface area (Å²) in [5, 5.41) is 0. The van der Waals surface area contributed by atoms with Crippen molar-refractivity contribution in [3.05, 3.63) is 30.3 Å². The Balaban J connectivity index is 2.04. The van der Waals surface area contributed by atoms with Crippen LogP contribution in [-0.4, -0.2) is 43.8 Å². The Kier molecular flexibility index (Phi) is 6.19. The Morgan fingerprint density at radius 2 is 1.71 bits per heavy atom. The lowest BCUT2D eigenvalue weighted by Gasteiger charge is -2.48. The predicted molar refractivity (Wildman–Crippen MR) is 95.6 cm³/mol. The maximum absolute atomic E-state index is 2.63. The maximum Gasteiger partial charge on any atom is 0.330 e. The fourth-order valence-corrected chi connectivity index (χ4v) is 3.23. The van der Waals surface area contributed by atoms with E-state index >= 15 is 0 Å². The van der Waals surface area contributed by atoms with Gasteiger partial charge in [-0.25, -0.2) is 0 Å². The van der Waals surface area contributed by atoms with E-state index in [1.54, 1.807) is 0 Å². The van der Waals surface area contributed by atoms with E-state index < -0.39 is 0 Å². The second kappa shape index (κ2) is 7.90. The first-order chi connectivity index (χ1) is 10.1. The molecular formula is C16H29B2N3. The minimum absolute atomic E-state index is 0.459. The van der Waals surface area contributed by atoms with Gasteiger partial charge in [0.1, 0.15) is 0 Å². The first-order valence-corrected chi connectivity index (χ1v) is 8.42. The predicted octanol–water partition coefficient (Wildman–Crippen LogP) is 3.51. The van der Waals surface area contributed by atoms with Crippen LogP contribution in [0.5, 0.6) is 0 Å². The maximum atomic E-state index is 2.63. The molecule has 1 aliphatic heterocycles. The Morgan fingerprint density at radius 1 is 1.00 bits per heavy atom. The first-order valence-electron chi connectivity index (χ1n) is 8.42. The highest BCUT2D eigenvalue weighted by atomic mass is 15.4. The molecule has 0 radical (unpaired) electrons. The number of benzene rings is 1. The molecule has 0 aliphatic carbocycles. The van der Waals surface area contributed by atoms with Gasteiger partial charge in [0.05, 0.1) is 6.67 Å². The van der Waals surface area contributed by atoms with Gasteiger partial charge in [0.25, 0.3) is 6.98 Å². The van der Waals surface area contributed by atoms with Crippen LogP contribution in [0.25, 0.3) is 0 Å². The lowest BCUT2D eigenvalue weighted by Crippen LogP contribution is -2.69. The molecule has 3 nitrogen and oxygen atoms in total. The normalized spacial score (nSPS) is 17.6. The van der Waals surface area contributed by atoms with E-state index in [-0.39, 0.29) is 0 Å². The van der Waals surface area contributed by atoms with Crippen LogP contribution in [-0.2, 0) is 0 Å². The van der Waals surface area contributed by atoms with Gasteiger partial charge < -0.3 is 14.3 Å². The summed E-state index contributed by atoms with van der Waals surface area (Å²) in [4.78, 5) is 4.94. The highest BCUT2D eigenvalue weighted by molar-refractivity contribution is 6.73. The average molecular weight is 285 g/mol. The Labute approximate surface area is 131 Å². The lowest BCUT2D eigenvalue weighted by atomic mass is 9.57. The second-order valence-corrected chi connectivity index (χ2v) is 6.27. The Hall–Kier alpha value is -0.930. The fraction of sp³-hybridized carbons (Fsp3) is 0.625.